The smallest absolute Gasteiger partial charge is 0.355 e. The first-order chi connectivity index (χ1) is 15.1. The maximum Gasteiger partial charge on any atom is 0.355 e. The fraction of sp³-hybridized carbons (Fsp3) is 0.458. The van der Waals surface area contributed by atoms with E-state index in [1.807, 2.05) is 30.3 Å². The molecule has 2 aromatic rings. The third-order valence-corrected chi connectivity index (χ3v) is 6.80. The molecule has 8 heteroatoms. The van der Waals surface area contributed by atoms with Crippen molar-refractivity contribution in [2.45, 2.75) is 58.5 Å². The van der Waals surface area contributed by atoms with Gasteiger partial charge in [-0.05, 0) is 36.1 Å². The van der Waals surface area contributed by atoms with Crippen molar-refractivity contribution in [3.63, 3.8) is 0 Å². The van der Waals surface area contributed by atoms with Crippen LogP contribution in [0.3, 0.4) is 0 Å². The van der Waals surface area contributed by atoms with Gasteiger partial charge in [-0.1, -0.05) is 50.0 Å². The standard InChI is InChI=1S/C24H33NO6Si/c1-17-20(15-22(27)30-13-14-32(3,4)5)19(11-12-21(26)29-2)23(25-17)24(28)31-16-18-9-7-6-8-10-18/h6-10,25H,11-16H2,1-5H3. The van der Waals surface area contributed by atoms with Crippen LogP contribution in [-0.2, 0) is 43.2 Å². The summed E-state index contributed by atoms with van der Waals surface area (Å²) in [5.41, 5.74) is 3.06. The second-order valence-corrected chi connectivity index (χ2v) is 14.5. The van der Waals surface area contributed by atoms with Crippen molar-refractivity contribution in [2.24, 2.45) is 0 Å². The van der Waals surface area contributed by atoms with Gasteiger partial charge in [0.2, 0.25) is 0 Å². The molecule has 0 bridgehead atoms. The maximum absolute atomic E-state index is 12.8. The van der Waals surface area contributed by atoms with E-state index in [1.54, 1.807) is 6.92 Å². The Kier molecular flexibility index (Phi) is 9.25. The molecule has 2 rings (SSSR count). The number of hydrogen-bond acceptors (Lipinski definition) is 6. The molecule has 0 radical (unpaired) electrons. The van der Waals surface area contributed by atoms with Crippen LogP contribution in [0.15, 0.2) is 30.3 Å². The molecular weight excluding hydrogens is 426 g/mol. The van der Waals surface area contributed by atoms with E-state index in [2.05, 4.69) is 24.6 Å². The molecule has 0 unspecified atom stereocenters. The van der Waals surface area contributed by atoms with Gasteiger partial charge in [-0.3, -0.25) is 9.59 Å². The van der Waals surface area contributed by atoms with Gasteiger partial charge >= 0.3 is 17.9 Å². The lowest BCUT2D eigenvalue weighted by Crippen LogP contribution is -2.23. The SMILES string of the molecule is COC(=O)CCc1c(C(=O)OCc2ccccc2)[nH]c(C)c1CC(=O)OCC[Si](C)(C)C. The Balaban J connectivity index is 2.17. The van der Waals surface area contributed by atoms with Crippen molar-refractivity contribution in [2.75, 3.05) is 13.7 Å². The molecule has 7 nitrogen and oxygen atoms in total. The summed E-state index contributed by atoms with van der Waals surface area (Å²) in [5, 5.41) is 0. The van der Waals surface area contributed by atoms with Crippen LogP contribution in [0.25, 0.3) is 0 Å². The summed E-state index contributed by atoms with van der Waals surface area (Å²) in [6.45, 7) is 8.96. The highest BCUT2D eigenvalue weighted by molar-refractivity contribution is 6.76. The minimum Gasteiger partial charge on any atom is -0.469 e. The highest BCUT2D eigenvalue weighted by atomic mass is 28.3. The minimum atomic E-state index is -1.31. The van der Waals surface area contributed by atoms with Crippen molar-refractivity contribution in [1.82, 2.24) is 4.98 Å². The normalized spacial score (nSPS) is 11.2. The second kappa shape index (κ2) is 11.7. The Morgan fingerprint density at radius 2 is 1.66 bits per heavy atom. The van der Waals surface area contributed by atoms with E-state index in [4.69, 9.17) is 14.2 Å². The summed E-state index contributed by atoms with van der Waals surface area (Å²) < 4.78 is 15.6. The lowest BCUT2D eigenvalue weighted by Gasteiger charge is -2.15. The zero-order valence-electron chi connectivity index (χ0n) is 19.6. The molecule has 0 aliphatic rings. The molecule has 0 atom stereocenters. The average molecular weight is 460 g/mol. The Bertz CT molecular complexity index is 930. The van der Waals surface area contributed by atoms with Gasteiger partial charge in [0, 0.05) is 20.2 Å². The summed E-state index contributed by atoms with van der Waals surface area (Å²) >= 11 is 0. The quantitative estimate of drug-likeness (QED) is 0.307. The third kappa shape index (κ3) is 7.99. The second-order valence-electron chi connectivity index (χ2n) is 8.93. The van der Waals surface area contributed by atoms with E-state index in [1.165, 1.54) is 7.11 Å². The fourth-order valence-electron chi connectivity index (χ4n) is 3.20. The van der Waals surface area contributed by atoms with Gasteiger partial charge < -0.3 is 19.2 Å². The number of esters is 3. The number of ether oxygens (including phenoxy) is 3. The first-order valence-electron chi connectivity index (χ1n) is 10.7. The number of hydrogen-bond donors (Lipinski definition) is 1. The maximum atomic E-state index is 12.8. The van der Waals surface area contributed by atoms with Crippen LogP contribution >= 0.6 is 0 Å². The van der Waals surface area contributed by atoms with Crippen molar-refractivity contribution >= 4 is 26.0 Å². The number of rotatable bonds is 11. The number of methoxy groups -OCH3 is 1. The van der Waals surface area contributed by atoms with E-state index >= 15 is 0 Å². The number of carbonyl (C=O) groups is 3. The lowest BCUT2D eigenvalue weighted by molar-refractivity contribution is -0.142. The van der Waals surface area contributed by atoms with Crippen LogP contribution in [0.5, 0.6) is 0 Å². The predicted octanol–water partition coefficient (Wildman–Crippen LogP) is 4.21. The molecule has 0 saturated carbocycles. The summed E-state index contributed by atoms with van der Waals surface area (Å²) in [4.78, 5) is 40.0. The molecule has 0 fully saturated rings. The van der Waals surface area contributed by atoms with Gasteiger partial charge in [0.1, 0.15) is 12.3 Å². The number of benzene rings is 1. The van der Waals surface area contributed by atoms with E-state index in [0.717, 1.165) is 11.6 Å². The molecule has 1 aromatic heterocycles. The fourth-order valence-corrected chi connectivity index (χ4v) is 3.91. The molecule has 0 aliphatic heterocycles. The monoisotopic (exact) mass is 459 g/mol. The first-order valence-corrected chi connectivity index (χ1v) is 14.4. The predicted molar refractivity (Wildman–Crippen MR) is 124 cm³/mol. The molecule has 0 spiro atoms. The molecular formula is C24H33NO6Si. The number of aromatic nitrogens is 1. The Labute approximate surface area is 190 Å². The van der Waals surface area contributed by atoms with Gasteiger partial charge in [-0.15, -0.1) is 0 Å². The van der Waals surface area contributed by atoms with Gasteiger partial charge in [0.25, 0.3) is 0 Å². The van der Waals surface area contributed by atoms with Crippen LogP contribution in [0.2, 0.25) is 25.7 Å². The van der Waals surface area contributed by atoms with E-state index in [0.29, 0.717) is 23.4 Å². The minimum absolute atomic E-state index is 0.0243. The van der Waals surface area contributed by atoms with Crippen LogP contribution < -0.4 is 0 Å². The van der Waals surface area contributed by atoms with Crippen LogP contribution in [-0.4, -0.2) is 44.7 Å². The molecule has 1 heterocycles. The van der Waals surface area contributed by atoms with Crippen LogP contribution in [0, 0.1) is 6.92 Å². The number of nitrogens with one attached hydrogen (secondary N) is 1. The molecule has 32 heavy (non-hydrogen) atoms. The Hall–Kier alpha value is -2.87. The highest BCUT2D eigenvalue weighted by Gasteiger charge is 2.24. The number of carbonyl (C=O) groups excluding carboxylic acids is 3. The zero-order valence-corrected chi connectivity index (χ0v) is 20.6. The van der Waals surface area contributed by atoms with Gasteiger partial charge in [0.05, 0.1) is 20.1 Å². The highest BCUT2D eigenvalue weighted by Crippen LogP contribution is 2.23. The molecule has 0 amide bonds. The van der Waals surface area contributed by atoms with E-state index in [-0.39, 0.29) is 37.5 Å². The number of H-pyrrole nitrogens is 1. The zero-order chi connectivity index (χ0) is 23.7. The summed E-state index contributed by atoms with van der Waals surface area (Å²) in [5.74, 6) is -1.28. The van der Waals surface area contributed by atoms with Crippen LogP contribution in [0.4, 0.5) is 0 Å². The lowest BCUT2D eigenvalue weighted by atomic mass is 10.0. The number of aryl methyl sites for hydroxylation is 1. The van der Waals surface area contributed by atoms with Crippen LogP contribution in [0.1, 0.15) is 39.3 Å². The van der Waals surface area contributed by atoms with Crippen molar-refractivity contribution < 1.29 is 28.6 Å². The summed E-state index contributed by atoms with van der Waals surface area (Å²) in [6, 6.07) is 10.3. The van der Waals surface area contributed by atoms with Gasteiger partial charge in [0.15, 0.2) is 0 Å². The molecule has 174 valence electrons. The molecule has 1 aromatic carbocycles. The summed E-state index contributed by atoms with van der Waals surface area (Å²) in [7, 11) is 0.00458. The largest absolute Gasteiger partial charge is 0.469 e. The van der Waals surface area contributed by atoms with Gasteiger partial charge in [-0.2, -0.15) is 0 Å². The van der Waals surface area contributed by atoms with Crippen molar-refractivity contribution in [3.8, 4) is 0 Å². The van der Waals surface area contributed by atoms with E-state index in [9.17, 15) is 14.4 Å². The summed E-state index contributed by atoms with van der Waals surface area (Å²) in [6.07, 6.45) is 0.366. The van der Waals surface area contributed by atoms with E-state index < -0.39 is 20.0 Å². The Morgan fingerprint density at radius 1 is 0.969 bits per heavy atom. The van der Waals surface area contributed by atoms with Crippen molar-refractivity contribution in [3.05, 3.63) is 58.4 Å². The third-order valence-electron chi connectivity index (χ3n) is 5.09. The topological polar surface area (TPSA) is 94.7 Å². The van der Waals surface area contributed by atoms with Gasteiger partial charge in [-0.25, -0.2) is 4.79 Å². The Morgan fingerprint density at radius 3 is 2.28 bits per heavy atom. The molecule has 0 aliphatic carbocycles. The molecule has 0 saturated heterocycles. The van der Waals surface area contributed by atoms with Crippen molar-refractivity contribution in [1.29, 1.82) is 0 Å². The molecule has 1 N–H and O–H groups in total. The first kappa shape index (κ1) is 25.4. The number of aromatic amines is 1. The average Bonchev–Trinajstić information content (AvgIpc) is 3.05.